The molecule has 0 bridgehead atoms. The number of aliphatic imine (C=N–C) groups is 2. The largest absolute Gasteiger partial charge is 0.456 e. The van der Waals surface area contributed by atoms with Crippen molar-refractivity contribution in [3.63, 3.8) is 0 Å². The molecule has 112 heavy (non-hydrogen) atoms. The van der Waals surface area contributed by atoms with Gasteiger partial charge in [0.25, 0.3) is 0 Å². The zero-order valence-electron chi connectivity index (χ0n) is 59.8. The molecule has 0 spiro atoms. The Kier molecular flexibility index (Phi) is 13.4. The van der Waals surface area contributed by atoms with Crippen molar-refractivity contribution in [2.75, 3.05) is 0 Å². The summed E-state index contributed by atoms with van der Waals surface area (Å²) in [5.74, 6) is 2.85. The summed E-state index contributed by atoms with van der Waals surface area (Å²) < 4.78 is 27.4. The van der Waals surface area contributed by atoms with Gasteiger partial charge in [-0.2, -0.15) is 0 Å². The molecule has 0 saturated carbocycles. The van der Waals surface area contributed by atoms with Crippen LogP contribution in [-0.2, 0) is 0 Å². The molecule has 6 heterocycles. The third-order valence-electron chi connectivity index (χ3n) is 23.0. The molecular weight excluding hydrogens is 1370 g/mol. The molecule has 18 aromatic carbocycles. The lowest BCUT2D eigenvalue weighted by Crippen LogP contribution is -2.33. The van der Waals surface area contributed by atoms with Crippen molar-refractivity contribution in [3.05, 3.63) is 356 Å². The smallest absolute Gasteiger partial charge is 0.167 e. The van der Waals surface area contributed by atoms with E-state index in [9.17, 15) is 0 Å². The van der Waals surface area contributed by atoms with Crippen molar-refractivity contribution in [1.29, 1.82) is 0 Å². The van der Waals surface area contributed by atoms with Crippen LogP contribution in [0, 0.1) is 0 Å². The highest BCUT2D eigenvalue weighted by molar-refractivity contribution is 6.30. The summed E-state index contributed by atoms with van der Waals surface area (Å²) >= 11 is 0. The second kappa shape index (κ2) is 24.2. The van der Waals surface area contributed by atoms with Gasteiger partial charge in [-0.15, -0.1) is 0 Å². The van der Waals surface area contributed by atoms with Gasteiger partial charge < -0.3 is 23.0 Å². The lowest BCUT2D eigenvalue weighted by molar-refractivity contribution is 0.628. The Morgan fingerprint density at radius 2 is 0.625 bits per heavy atom. The average Bonchev–Trinajstić information content (AvgIpc) is 0.915. The Morgan fingerprint density at radius 1 is 0.223 bits per heavy atom. The van der Waals surface area contributed by atoms with Gasteiger partial charge in [-0.05, 0) is 177 Å². The van der Waals surface area contributed by atoms with Gasteiger partial charge in [0.2, 0.25) is 0 Å². The number of hydrogen-bond acceptors (Lipinski definition) is 10. The van der Waals surface area contributed by atoms with E-state index in [1.165, 1.54) is 53.9 Å². The third kappa shape index (κ3) is 9.61. The van der Waals surface area contributed by atoms with Crippen molar-refractivity contribution in [2.45, 2.75) is 6.17 Å². The first-order valence-corrected chi connectivity index (χ1v) is 37.8. The molecule has 1 N–H and O–H groups in total. The van der Waals surface area contributed by atoms with Crippen LogP contribution < -0.4 is 5.32 Å². The van der Waals surface area contributed by atoms with Gasteiger partial charge in [0.05, 0.1) is 11.1 Å². The zero-order valence-corrected chi connectivity index (χ0v) is 59.8. The van der Waals surface area contributed by atoms with Gasteiger partial charge in [-0.3, -0.25) is 0 Å². The highest BCUT2D eigenvalue weighted by atomic mass is 16.3. The van der Waals surface area contributed by atoms with Crippen LogP contribution in [0.15, 0.2) is 367 Å². The molecule has 5 aromatic heterocycles. The molecule has 10 nitrogen and oxygen atoms in total. The minimum absolute atomic E-state index is 0.506. The van der Waals surface area contributed by atoms with Crippen molar-refractivity contribution < 1.29 is 17.7 Å². The highest BCUT2D eigenvalue weighted by Crippen LogP contribution is 2.47. The van der Waals surface area contributed by atoms with Crippen LogP contribution in [0.3, 0.4) is 0 Å². The highest BCUT2D eigenvalue weighted by Gasteiger charge is 2.28. The van der Waals surface area contributed by atoms with Crippen LogP contribution in [0.4, 0.5) is 0 Å². The summed E-state index contributed by atoms with van der Waals surface area (Å²) in [6.45, 7) is 0. The number of benzene rings is 18. The molecule has 1 atom stereocenters. The monoisotopic (exact) mass is 1430 g/mol. The fourth-order valence-corrected chi connectivity index (χ4v) is 17.7. The number of nitrogens with one attached hydrogen (secondary N) is 1. The molecule has 0 saturated heterocycles. The van der Waals surface area contributed by atoms with Crippen LogP contribution in [-0.4, -0.2) is 26.6 Å². The second-order valence-electron chi connectivity index (χ2n) is 29.2. The fourth-order valence-electron chi connectivity index (χ4n) is 17.7. The number of rotatable bonds is 9. The van der Waals surface area contributed by atoms with Gasteiger partial charge in [0.15, 0.2) is 29.5 Å². The quantitative estimate of drug-likeness (QED) is 0.142. The Bertz CT molecular complexity index is 8030. The number of fused-ring (bicyclic) bond motifs is 24. The van der Waals surface area contributed by atoms with Gasteiger partial charge in [0, 0.05) is 65.3 Å². The van der Waals surface area contributed by atoms with Crippen molar-refractivity contribution in [3.8, 4) is 67.5 Å². The first kappa shape index (κ1) is 62.0. The summed E-state index contributed by atoms with van der Waals surface area (Å²) in [5, 5.41) is 26.3. The maximum absolute atomic E-state index is 7.22. The number of hydrogen-bond donors (Lipinski definition) is 1. The second-order valence-corrected chi connectivity index (χ2v) is 29.2. The summed E-state index contributed by atoms with van der Waals surface area (Å²) in [5.41, 5.74) is 17.7. The summed E-state index contributed by atoms with van der Waals surface area (Å²) in [7, 11) is 0. The fraction of sp³-hybridized carbons (Fsp3) is 0.00980. The molecule has 520 valence electrons. The molecule has 0 amide bonds. The van der Waals surface area contributed by atoms with Gasteiger partial charge in [-0.25, -0.2) is 24.9 Å². The Labute approximate surface area is 638 Å². The van der Waals surface area contributed by atoms with Crippen molar-refractivity contribution in [2.24, 2.45) is 9.98 Å². The molecule has 0 fully saturated rings. The van der Waals surface area contributed by atoms with Gasteiger partial charge in [-0.1, -0.05) is 261 Å². The number of nitrogens with zero attached hydrogens (tertiary/aromatic N) is 5. The van der Waals surface area contributed by atoms with Crippen LogP contribution in [0.1, 0.15) is 22.9 Å². The minimum atomic E-state index is -0.585. The van der Waals surface area contributed by atoms with E-state index < -0.39 is 6.17 Å². The van der Waals surface area contributed by atoms with E-state index in [0.717, 1.165) is 160 Å². The van der Waals surface area contributed by atoms with E-state index in [0.29, 0.717) is 34.7 Å². The summed E-state index contributed by atoms with van der Waals surface area (Å²) in [6.07, 6.45) is -0.585. The van der Waals surface area contributed by atoms with E-state index >= 15 is 0 Å². The lowest BCUT2D eigenvalue weighted by Gasteiger charge is -2.23. The van der Waals surface area contributed by atoms with Crippen LogP contribution in [0.25, 0.3) is 220 Å². The van der Waals surface area contributed by atoms with E-state index in [2.05, 4.69) is 266 Å². The molecule has 1 unspecified atom stereocenters. The van der Waals surface area contributed by atoms with Crippen molar-refractivity contribution in [1.82, 2.24) is 20.3 Å². The van der Waals surface area contributed by atoms with Crippen molar-refractivity contribution >= 4 is 164 Å². The lowest BCUT2D eigenvalue weighted by atomic mass is 9.88. The number of amidine groups is 2. The average molecular weight is 1430 g/mol. The van der Waals surface area contributed by atoms with E-state index in [1.54, 1.807) is 0 Å². The Morgan fingerprint density at radius 3 is 1.29 bits per heavy atom. The number of furan rings is 4. The molecule has 0 radical (unpaired) electrons. The standard InChI is InChI=1S/C102H58N6O4/c1-3-19-57(20-4-1)97-103-99(64-42-48-75-74-29-13-14-38-88(74)109-91(75)56-64)107-100(104-97)82-36-17-33-79-86-53-62(44-50-90(86)110-95(79)82)60-40-46-73-69-26-9-11-27-70(69)77-31-15-30-65(93(77)87(73)54-60)63-41-47-76-78-32-16-35-81(94(78)112-92(76)55-63)101-105-98(58-21-5-2-6-22-58)106-102(108-101)83-37-18-34-80-85-52-61(43-49-89(85)111-96(80)83)59-39-45-72-68-25-8-7-23-66(68)67-24-10-12-28-71(67)84(72)51-59/h1-56,101H,(H,105,106,108). The number of para-hydroxylation sites is 4. The summed E-state index contributed by atoms with van der Waals surface area (Å²) in [6, 6.07) is 120. The first-order valence-electron chi connectivity index (χ1n) is 37.8. The topological polar surface area (TPSA) is 128 Å². The molecular formula is C102H58N6O4. The molecule has 23 aromatic rings. The van der Waals surface area contributed by atoms with Gasteiger partial charge >= 0.3 is 0 Å². The predicted octanol–water partition coefficient (Wildman–Crippen LogP) is 26.9. The molecule has 1 aliphatic rings. The van der Waals surface area contributed by atoms with Gasteiger partial charge in [0.1, 0.15) is 50.5 Å². The Hall–Kier alpha value is -15.1. The normalized spacial score (nSPS) is 13.4. The summed E-state index contributed by atoms with van der Waals surface area (Å²) in [4.78, 5) is 26.3. The maximum Gasteiger partial charge on any atom is 0.167 e. The van der Waals surface area contributed by atoms with Crippen LogP contribution in [0.5, 0.6) is 0 Å². The van der Waals surface area contributed by atoms with E-state index in [-0.39, 0.29) is 0 Å². The predicted molar refractivity (Wildman–Crippen MR) is 458 cm³/mol. The molecule has 24 rings (SSSR count). The Balaban J connectivity index is 0.598. The first-order chi connectivity index (χ1) is 55.5. The van der Waals surface area contributed by atoms with E-state index in [4.69, 9.17) is 42.6 Å². The molecule has 10 heteroatoms. The number of aromatic nitrogens is 3. The van der Waals surface area contributed by atoms with E-state index in [1.807, 2.05) is 78.9 Å². The molecule has 0 aliphatic carbocycles. The van der Waals surface area contributed by atoms with Crippen LogP contribution in [0.2, 0.25) is 0 Å². The van der Waals surface area contributed by atoms with Crippen LogP contribution >= 0.6 is 0 Å². The zero-order chi connectivity index (χ0) is 73.2. The SMILES string of the molecule is c1ccc(C2=NC(c3cccc4c3oc3ccc(-c5ccc6c7ccccc7c7ccccc7c6c5)cc34)=NC(c3cccc4c3oc3cc(-c5cccc6c7ccccc7c7ccc(-c8ccc9oc%10c(-c%11nc(-c%12ccccc%12)nc(-c%12ccc%13c(c%12)oc%12ccccc%12%13)n%11)cccc%10c9c8)cc7c56)ccc34)N2)cc1. The third-order valence-corrected chi connectivity index (χ3v) is 23.0. The maximum atomic E-state index is 7.22. The minimum Gasteiger partial charge on any atom is -0.456 e. The molecule has 1 aliphatic heterocycles.